The second kappa shape index (κ2) is 5.79. The average Bonchev–Trinajstić information content (AvgIpc) is 2.39. The van der Waals surface area contributed by atoms with Gasteiger partial charge in [0.15, 0.2) is 11.5 Å². The number of benzene rings is 1. The van der Waals surface area contributed by atoms with E-state index in [0.717, 1.165) is 5.56 Å². The van der Waals surface area contributed by atoms with Crippen molar-refractivity contribution >= 4 is 9.84 Å². The van der Waals surface area contributed by atoms with Crippen molar-refractivity contribution in [2.75, 3.05) is 18.6 Å². The zero-order chi connectivity index (χ0) is 13.9. The summed E-state index contributed by atoms with van der Waals surface area (Å²) in [5.41, 5.74) is 1.00. The van der Waals surface area contributed by atoms with Crippen LogP contribution in [-0.4, -0.2) is 38.2 Å². The summed E-state index contributed by atoms with van der Waals surface area (Å²) in [6.07, 6.45) is 1.33. The minimum atomic E-state index is -2.81. The molecule has 0 spiro atoms. The Morgan fingerprint density at radius 1 is 1.37 bits per heavy atom. The number of phenols is 1. The average molecular weight is 285 g/mol. The molecule has 5 nitrogen and oxygen atoms in total. The molecule has 19 heavy (non-hydrogen) atoms. The van der Waals surface area contributed by atoms with Crippen LogP contribution in [0, 0.1) is 0 Å². The van der Waals surface area contributed by atoms with Gasteiger partial charge in [0.1, 0.15) is 9.84 Å². The number of aromatic hydroxyl groups is 1. The summed E-state index contributed by atoms with van der Waals surface area (Å²) in [6, 6.07) is 5.44. The molecule has 0 saturated carbocycles. The van der Waals surface area contributed by atoms with Crippen molar-refractivity contribution in [3.63, 3.8) is 0 Å². The van der Waals surface area contributed by atoms with E-state index in [2.05, 4.69) is 5.32 Å². The van der Waals surface area contributed by atoms with Gasteiger partial charge in [0, 0.05) is 12.6 Å². The number of phenolic OH excluding ortho intramolecular Hbond substituents is 1. The maximum atomic E-state index is 11.3. The first-order chi connectivity index (χ1) is 9.00. The normalized spacial score (nSPS) is 19.2. The number of ether oxygens (including phenoxy) is 1. The van der Waals surface area contributed by atoms with Crippen LogP contribution in [0.4, 0.5) is 0 Å². The Labute approximate surface area is 113 Å². The zero-order valence-corrected chi connectivity index (χ0v) is 11.7. The Hall–Kier alpha value is -1.27. The van der Waals surface area contributed by atoms with E-state index in [9.17, 15) is 13.5 Å². The highest BCUT2D eigenvalue weighted by Gasteiger charge is 2.22. The molecule has 2 rings (SSSR count). The Balaban J connectivity index is 1.89. The summed E-state index contributed by atoms with van der Waals surface area (Å²) in [4.78, 5) is 0. The van der Waals surface area contributed by atoms with E-state index in [1.807, 2.05) is 6.07 Å². The van der Waals surface area contributed by atoms with Gasteiger partial charge >= 0.3 is 0 Å². The third-order valence-corrected chi connectivity index (χ3v) is 5.11. The van der Waals surface area contributed by atoms with Gasteiger partial charge in [-0.1, -0.05) is 6.07 Å². The zero-order valence-electron chi connectivity index (χ0n) is 10.9. The Bertz CT molecular complexity index is 528. The molecule has 0 unspecified atom stereocenters. The first-order valence-corrected chi connectivity index (χ1v) is 8.12. The highest BCUT2D eigenvalue weighted by atomic mass is 32.2. The van der Waals surface area contributed by atoms with E-state index in [4.69, 9.17) is 4.74 Å². The van der Waals surface area contributed by atoms with E-state index in [1.165, 1.54) is 7.11 Å². The van der Waals surface area contributed by atoms with Gasteiger partial charge in [0.2, 0.25) is 0 Å². The molecule has 1 aliphatic rings. The van der Waals surface area contributed by atoms with Crippen LogP contribution in [0.5, 0.6) is 11.5 Å². The van der Waals surface area contributed by atoms with Gasteiger partial charge in [-0.3, -0.25) is 0 Å². The van der Waals surface area contributed by atoms with Crippen LogP contribution in [0.2, 0.25) is 0 Å². The molecule has 1 heterocycles. The summed E-state index contributed by atoms with van der Waals surface area (Å²) in [5, 5.41) is 12.8. The molecule has 0 amide bonds. The largest absolute Gasteiger partial charge is 0.504 e. The van der Waals surface area contributed by atoms with Gasteiger partial charge in [0.05, 0.1) is 18.6 Å². The van der Waals surface area contributed by atoms with Crippen molar-refractivity contribution in [3.05, 3.63) is 23.8 Å². The fourth-order valence-electron chi connectivity index (χ4n) is 2.19. The van der Waals surface area contributed by atoms with Crippen LogP contribution in [0.25, 0.3) is 0 Å². The minimum absolute atomic E-state index is 0.120. The molecule has 0 atom stereocenters. The monoisotopic (exact) mass is 285 g/mol. The smallest absolute Gasteiger partial charge is 0.160 e. The quantitative estimate of drug-likeness (QED) is 0.865. The van der Waals surface area contributed by atoms with Crippen molar-refractivity contribution in [2.45, 2.75) is 25.4 Å². The second-order valence-corrected chi connectivity index (χ2v) is 7.12. The van der Waals surface area contributed by atoms with Crippen LogP contribution >= 0.6 is 0 Å². The van der Waals surface area contributed by atoms with Gasteiger partial charge in [0.25, 0.3) is 0 Å². The molecule has 1 saturated heterocycles. The van der Waals surface area contributed by atoms with Gasteiger partial charge in [-0.05, 0) is 30.5 Å². The topological polar surface area (TPSA) is 75.6 Å². The summed E-state index contributed by atoms with van der Waals surface area (Å²) in [6.45, 7) is 0.640. The number of nitrogens with one attached hydrogen (secondary N) is 1. The van der Waals surface area contributed by atoms with E-state index in [0.29, 0.717) is 25.1 Å². The molecular formula is C13H19NO4S. The molecule has 1 fully saturated rings. The highest BCUT2D eigenvalue weighted by molar-refractivity contribution is 7.91. The molecule has 0 bridgehead atoms. The Morgan fingerprint density at radius 3 is 2.68 bits per heavy atom. The molecule has 1 aromatic rings. The van der Waals surface area contributed by atoms with Gasteiger partial charge in [-0.15, -0.1) is 0 Å². The van der Waals surface area contributed by atoms with Crippen molar-refractivity contribution in [2.24, 2.45) is 0 Å². The minimum Gasteiger partial charge on any atom is -0.504 e. The summed E-state index contributed by atoms with van der Waals surface area (Å²) in [5.74, 6) is 1.10. The number of hydrogen-bond acceptors (Lipinski definition) is 5. The Morgan fingerprint density at radius 2 is 2.05 bits per heavy atom. The number of sulfone groups is 1. The molecule has 1 aliphatic heterocycles. The van der Waals surface area contributed by atoms with E-state index < -0.39 is 9.84 Å². The third-order valence-electron chi connectivity index (χ3n) is 3.39. The molecule has 0 aliphatic carbocycles. The van der Waals surface area contributed by atoms with Gasteiger partial charge in [-0.2, -0.15) is 0 Å². The molecule has 0 radical (unpaired) electrons. The Kier molecular flexibility index (Phi) is 4.31. The predicted molar refractivity (Wildman–Crippen MR) is 73.2 cm³/mol. The van der Waals surface area contributed by atoms with E-state index in [1.54, 1.807) is 12.1 Å². The fourth-order valence-corrected chi connectivity index (χ4v) is 3.68. The highest BCUT2D eigenvalue weighted by Crippen LogP contribution is 2.26. The maximum absolute atomic E-state index is 11.3. The summed E-state index contributed by atoms with van der Waals surface area (Å²) < 4.78 is 27.7. The standard InChI is InChI=1S/C13H19NO4S/c1-18-13-8-10(2-3-12(13)15)9-14-11-4-6-19(16,17)7-5-11/h2-3,8,11,14-15H,4-7,9H2,1H3. The number of rotatable bonds is 4. The van der Waals surface area contributed by atoms with Crippen LogP contribution in [0.3, 0.4) is 0 Å². The van der Waals surface area contributed by atoms with Crippen LogP contribution in [0.1, 0.15) is 18.4 Å². The molecule has 2 N–H and O–H groups in total. The molecule has 1 aromatic carbocycles. The van der Waals surface area contributed by atoms with Gasteiger partial charge in [-0.25, -0.2) is 8.42 Å². The van der Waals surface area contributed by atoms with Crippen molar-refractivity contribution in [1.82, 2.24) is 5.32 Å². The van der Waals surface area contributed by atoms with Crippen LogP contribution in [-0.2, 0) is 16.4 Å². The SMILES string of the molecule is COc1cc(CNC2CCS(=O)(=O)CC2)ccc1O. The number of hydrogen-bond donors (Lipinski definition) is 2. The lowest BCUT2D eigenvalue weighted by Crippen LogP contribution is -2.37. The first kappa shape index (κ1) is 14.1. The van der Waals surface area contributed by atoms with Crippen molar-refractivity contribution < 1.29 is 18.3 Å². The fraction of sp³-hybridized carbons (Fsp3) is 0.538. The van der Waals surface area contributed by atoms with Crippen LogP contribution < -0.4 is 10.1 Å². The molecule has 106 valence electrons. The molecular weight excluding hydrogens is 266 g/mol. The van der Waals surface area contributed by atoms with E-state index in [-0.39, 0.29) is 23.3 Å². The third kappa shape index (κ3) is 3.84. The van der Waals surface area contributed by atoms with Gasteiger partial charge < -0.3 is 15.2 Å². The van der Waals surface area contributed by atoms with Crippen LogP contribution in [0.15, 0.2) is 18.2 Å². The molecule has 6 heteroatoms. The van der Waals surface area contributed by atoms with Crippen molar-refractivity contribution in [1.29, 1.82) is 0 Å². The summed E-state index contributed by atoms with van der Waals surface area (Å²) >= 11 is 0. The number of methoxy groups -OCH3 is 1. The predicted octanol–water partition coefficient (Wildman–Crippen LogP) is 1.07. The maximum Gasteiger partial charge on any atom is 0.160 e. The first-order valence-electron chi connectivity index (χ1n) is 6.30. The van der Waals surface area contributed by atoms with Crippen molar-refractivity contribution in [3.8, 4) is 11.5 Å². The van der Waals surface area contributed by atoms with E-state index >= 15 is 0 Å². The lowest BCUT2D eigenvalue weighted by Gasteiger charge is -2.23. The second-order valence-electron chi connectivity index (χ2n) is 4.81. The molecule has 0 aromatic heterocycles. The summed E-state index contributed by atoms with van der Waals surface area (Å²) in [7, 11) is -1.30. The lowest BCUT2D eigenvalue weighted by atomic mass is 10.1. The lowest BCUT2D eigenvalue weighted by molar-refractivity contribution is 0.372.